The van der Waals surface area contributed by atoms with Gasteiger partial charge in [0.15, 0.2) is 0 Å². The number of aromatic nitrogens is 1. The largest absolute Gasteiger partial charge is 0.296 e. The molecule has 3 nitrogen and oxygen atoms in total. The Bertz CT molecular complexity index is 463. The molecule has 0 N–H and O–H groups in total. The number of hydrogen-bond acceptors (Lipinski definition) is 3. The first-order chi connectivity index (χ1) is 8.86. The summed E-state index contributed by atoms with van der Waals surface area (Å²) in [5.41, 5.74) is 1.77. The average Bonchev–Trinajstić information content (AvgIpc) is 2.88. The Labute approximate surface area is 108 Å². The Kier molecular flexibility index (Phi) is 3.29. The van der Waals surface area contributed by atoms with Crippen LogP contribution in [-0.4, -0.2) is 22.5 Å². The molecule has 2 heterocycles. The first-order valence-corrected chi connectivity index (χ1v) is 6.96. The molecule has 1 saturated heterocycles. The van der Waals surface area contributed by atoms with Gasteiger partial charge in [0.2, 0.25) is 0 Å². The molecular weight excluding hydrogens is 222 g/mol. The maximum atomic E-state index is 8.89. The average molecular weight is 241 g/mol. The molecule has 1 saturated carbocycles. The number of fused-ring (bicyclic) bond motifs is 1. The lowest BCUT2D eigenvalue weighted by Gasteiger charge is -2.37. The van der Waals surface area contributed by atoms with E-state index in [1.54, 1.807) is 6.20 Å². The van der Waals surface area contributed by atoms with Gasteiger partial charge in [0, 0.05) is 18.8 Å². The van der Waals surface area contributed by atoms with E-state index in [0.717, 1.165) is 18.5 Å². The summed E-state index contributed by atoms with van der Waals surface area (Å²) >= 11 is 0. The van der Waals surface area contributed by atoms with E-state index < -0.39 is 0 Å². The topological polar surface area (TPSA) is 39.9 Å². The van der Waals surface area contributed by atoms with Gasteiger partial charge in [-0.2, -0.15) is 5.26 Å². The zero-order chi connectivity index (χ0) is 12.4. The molecule has 2 unspecified atom stereocenters. The van der Waals surface area contributed by atoms with Crippen molar-refractivity contribution in [1.82, 2.24) is 9.88 Å². The third-order valence-corrected chi connectivity index (χ3v) is 4.43. The highest BCUT2D eigenvalue weighted by Gasteiger charge is 2.34. The molecule has 1 aliphatic heterocycles. The third kappa shape index (κ3) is 2.26. The molecule has 0 spiro atoms. The predicted octanol–water partition coefficient (Wildman–Crippen LogP) is 2.72. The monoisotopic (exact) mass is 241 g/mol. The second-order valence-electron chi connectivity index (χ2n) is 5.53. The molecule has 2 fully saturated rings. The van der Waals surface area contributed by atoms with Gasteiger partial charge >= 0.3 is 0 Å². The van der Waals surface area contributed by atoms with Crippen LogP contribution in [0.25, 0.3) is 0 Å². The van der Waals surface area contributed by atoms with Crippen LogP contribution in [0.15, 0.2) is 18.3 Å². The second-order valence-corrected chi connectivity index (χ2v) is 5.53. The first kappa shape index (κ1) is 11.7. The van der Waals surface area contributed by atoms with E-state index in [1.807, 2.05) is 12.1 Å². The summed E-state index contributed by atoms with van der Waals surface area (Å²) in [6.45, 7) is 2.20. The fourth-order valence-corrected chi connectivity index (χ4v) is 3.62. The summed E-state index contributed by atoms with van der Waals surface area (Å²) in [5.74, 6) is 0.927. The number of rotatable bonds is 2. The summed E-state index contributed by atoms with van der Waals surface area (Å²) in [7, 11) is 0. The molecule has 0 aromatic carbocycles. The fourth-order valence-electron chi connectivity index (χ4n) is 3.62. The first-order valence-electron chi connectivity index (χ1n) is 6.96. The van der Waals surface area contributed by atoms with Crippen LogP contribution in [0, 0.1) is 17.2 Å². The maximum Gasteiger partial charge on any atom is 0.140 e. The van der Waals surface area contributed by atoms with Gasteiger partial charge < -0.3 is 0 Å². The minimum absolute atomic E-state index is 0.535. The summed E-state index contributed by atoms with van der Waals surface area (Å²) in [6.07, 6.45) is 8.68. The van der Waals surface area contributed by atoms with Crippen LogP contribution in [0.4, 0.5) is 0 Å². The minimum Gasteiger partial charge on any atom is -0.296 e. The number of piperidine rings is 1. The molecule has 1 aliphatic carbocycles. The van der Waals surface area contributed by atoms with Gasteiger partial charge in [0.05, 0.1) is 0 Å². The zero-order valence-corrected chi connectivity index (χ0v) is 10.7. The summed E-state index contributed by atoms with van der Waals surface area (Å²) in [5, 5.41) is 8.89. The molecule has 18 heavy (non-hydrogen) atoms. The van der Waals surface area contributed by atoms with Gasteiger partial charge in [-0.1, -0.05) is 6.42 Å². The number of hydrogen-bond donors (Lipinski definition) is 0. The normalized spacial score (nSPS) is 27.7. The number of pyridine rings is 1. The van der Waals surface area contributed by atoms with Crippen molar-refractivity contribution in [3.05, 3.63) is 29.6 Å². The quantitative estimate of drug-likeness (QED) is 0.799. The number of nitrogens with zero attached hydrogens (tertiary/aromatic N) is 3. The predicted molar refractivity (Wildman–Crippen MR) is 69.7 cm³/mol. The van der Waals surface area contributed by atoms with Crippen molar-refractivity contribution < 1.29 is 0 Å². The van der Waals surface area contributed by atoms with Gasteiger partial charge in [0.1, 0.15) is 11.8 Å². The smallest absolute Gasteiger partial charge is 0.140 e. The van der Waals surface area contributed by atoms with Gasteiger partial charge in [-0.15, -0.1) is 0 Å². The highest BCUT2D eigenvalue weighted by molar-refractivity contribution is 5.25. The number of nitriles is 1. The Morgan fingerprint density at radius 3 is 3.11 bits per heavy atom. The zero-order valence-electron chi connectivity index (χ0n) is 10.7. The van der Waals surface area contributed by atoms with Gasteiger partial charge in [-0.3, -0.25) is 4.90 Å². The Morgan fingerprint density at radius 2 is 2.22 bits per heavy atom. The van der Waals surface area contributed by atoms with Crippen LogP contribution in [-0.2, 0) is 6.54 Å². The molecule has 2 aliphatic rings. The lowest BCUT2D eigenvalue weighted by molar-refractivity contribution is 0.106. The van der Waals surface area contributed by atoms with Crippen LogP contribution < -0.4 is 0 Å². The molecule has 0 amide bonds. The van der Waals surface area contributed by atoms with E-state index in [2.05, 4.69) is 16.0 Å². The molecule has 94 valence electrons. The highest BCUT2D eigenvalue weighted by Crippen LogP contribution is 2.37. The minimum atomic E-state index is 0.535. The van der Waals surface area contributed by atoms with Crippen molar-refractivity contribution in [2.75, 3.05) is 6.54 Å². The van der Waals surface area contributed by atoms with E-state index in [0.29, 0.717) is 5.69 Å². The fraction of sp³-hybridized carbons (Fsp3) is 0.600. The van der Waals surface area contributed by atoms with Crippen LogP contribution in [0.1, 0.15) is 43.4 Å². The lowest BCUT2D eigenvalue weighted by Crippen LogP contribution is -2.41. The van der Waals surface area contributed by atoms with Gasteiger partial charge in [-0.05, 0) is 55.8 Å². The molecule has 3 heteroatoms. The van der Waals surface area contributed by atoms with Crippen molar-refractivity contribution >= 4 is 0 Å². The Hall–Kier alpha value is -1.40. The standard InChI is InChI=1S/C15H19N3/c16-10-14-9-12(6-7-17-14)11-18-8-2-4-13-3-1-5-15(13)18/h6-7,9,13,15H,1-5,8,11H2. The summed E-state index contributed by atoms with van der Waals surface area (Å²) in [4.78, 5) is 6.66. The van der Waals surface area contributed by atoms with Crippen molar-refractivity contribution in [3.63, 3.8) is 0 Å². The van der Waals surface area contributed by atoms with Gasteiger partial charge in [0.25, 0.3) is 0 Å². The van der Waals surface area contributed by atoms with E-state index in [9.17, 15) is 0 Å². The highest BCUT2D eigenvalue weighted by atomic mass is 15.2. The molecule has 3 rings (SSSR count). The summed E-state index contributed by atoms with van der Waals surface area (Å²) < 4.78 is 0. The molecule has 0 bridgehead atoms. The van der Waals surface area contributed by atoms with Crippen molar-refractivity contribution in [2.45, 2.75) is 44.7 Å². The van der Waals surface area contributed by atoms with Gasteiger partial charge in [-0.25, -0.2) is 4.98 Å². The lowest BCUT2D eigenvalue weighted by atomic mass is 9.91. The van der Waals surface area contributed by atoms with E-state index >= 15 is 0 Å². The van der Waals surface area contributed by atoms with Crippen LogP contribution >= 0.6 is 0 Å². The van der Waals surface area contributed by atoms with E-state index in [-0.39, 0.29) is 0 Å². The van der Waals surface area contributed by atoms with Crippen molar-refractivity contribution in [1.29, 1.82) is 5.26 Å². The maximum absolute atomic E-state index is 8.89. The second kappa shape index (κ2) is 5.07. The molecule has 1 aromatic rings. The van der Waals surface area contributed by atoms with E-state index in [4.69, 9.17) is 5.26 Å². The van der Waals surface area contributed by atoms with Crippen LogP contribution in [0.5, 0.6) is 0 Å². The van der Waals surface area contributed by atoms with Crippen molar-refractivity contribution in [2.24, 2.45) is 5.92 Å². The Balaban J connectivity index is 1.73. The van der Waals surface area contributed by atoms with Crippen LogP contribution in [0.2, 0.25) is 0 Å². The molecule has 1 aromatic heterocycles. The Morgan fingerprint density at radius 1 is 1.33 bits per heavy atom. The number of likely N-dealkylation sites (tertiary alicyclic amines) is 1. The third-order valence-electron chi connectivity index (χ3n) is 4.43. The molecule has 2 atom stereocenters. The molecule has 0 radical (unpaired) electrons. The summed E-state index contributed by atoms with van der Waals surface area (Å²) in [6, 6.07) is 6.88. The molecular formula is C15H19N3. The van der Waals surface area contributed by atoms with E-state index in [1.165, 1.54) is 44.2 Å². The van der Waals surface area contributed by atoms with Crippen LogP contribution in [0.3, 0.4) is 0 Å². The van der Waals surface area contributed by atoms with Crippen molar-refractivity contribution in [3.8, 4) is 6.07 Å². The SMILES string of the molecule is N#Cc1cc(CN2CCCC3CCCC32)ccn1.